The molecule has 1 fully saturated rings. The van der Waals surface area contributed by atoms with Crippen LogP contribution in [0.2, 0.25) is 0 Å². The summed E-state index contributed by atoms with van der Waals surface area (Å²) in [6.45, 7) is 4.75. The molecule has 2 N–H and O–H groups in total. The molecule has 2 heterocycles. The van der Waals surface area contributed by atoms with Crippen LogP contribution in [0.3, 0.4) is 0 Å². The van der Waals surface area contributed by atoms with E-state index in [2.05, 4.69) is 11.9 Å². The molecule has 0 aliphatic carbocycles. The maximum absolute atomic E-state index is 12.8. The summed E-state index contributed by atoms with van der Waals surface area (Å²) in [5.74, 6) is 0.393. The summed E-state index contributed by atoms with van der Waals surface area (Å²) in [5, 5.41) is 0. The van der Waals surface area contributed by atoms with Crippen molar-refractivity contribution in [3.05, 3.63) is 24.0 Å². The molecule has 0 aromatic carbocycles. The lowest BCUT2D eigenvalue weighted by atomic mass is 9.97. The summed E-state index contributed by atoms with van der Waals surface area (Å²) in [6, 6.07) is 3.27. The van der Waals surface area contributed by atoms with Crippen molar-refractivity contribution in [2.75, 3.05) is 6.54 Å². The monoisotopic (exact) mass is 283 g/mol. The highest BCUT2D eigenvalue weighted by Gasteiger charge is 2.34. The maximum atomic E-state index is 12.8. The van der Waals surface area contributed by atoms with Crippen molar-refractivity contribution in [2.45, 2.75) is 44.2 Å². The summed E-state index contributed by atoms with van der Waals surface area (Å²) in [6.07, 6.45) is 3.55. The first-order chi connectivity index (χ1) is 8.96. The average molecular weight is 283 g/mol. The molecule has 2 rings (SSSR count). The molecule has 1 aromatic rings. The quantitative estimate of drug-likeness (QED) is 0.908. The molecule has 0 radical (unpaired) electrons. The number of rotatable bonds is 3. The molecule has 2 unspecified atom stereocenters. The predicted octanol–water partition coefficient (Wildman–Crippen LogP) is 1.35. The van der Waals surface area contributed by atoms with E-state index >= 15 is 0 Å². The van der Waals surface area contributed by atoms with Gasteiger partial charge in [0.25, 0.3) is 0 Å². The number of aromatic nitrogens is 1. The second-order valence-electron chi connectivity index (χ2n) is 5.26. The number of hydrogen-bond donors (Lipinski definition) is 1. The van der Waals surface area contributed by atoms with Crippen LogP contribution in [0, 0.1) is 5.92 Å². The molecular weight excluding hydrogens is 262 g/mol. The molecule has 1 saturated heterocycles. The zero-order chi connectivity index (χ0) is 14.0. The minimum atomic E-state index is -3.50. The highest BCUT2D eigenvalue weighted by atomic mass is 32.2. The lowest BCUT2D eigenvalue weighted by Crippen LogP contribution is -2.45. The van der Waals surface area contributed by atoms with Crippen LogP contribution in [-0.4, -0.2) is 30.3 Å². The van der Waals surface area contributed by atoms with Gasteiger partial charge in [0.05, 0.1) is 5.69 Å². The van der Waals surface area contributed by atoms with Crippen molar-refractivity contribution < 1.29 is 8.42 Å². The summed E-state index contributed by atoms with van der Waals surface area (Å²) < 4.78 is 27.1. The average Bonchev–Trinajstić information content (AvgIpc) is 2.41. The number of pyridine rings is 1. The molecule has 0 saturated carbocycles. The summed E-state index contributed by atoms with van der Waals surface area (Å²) in [5.41, 5.74) is 6.03. The summed E-state index contributed by atoms with van der Waals surface area (Å²) in [4.78, 5) is 4.32. The Bertz CT molecular complexity index is 545. The Morgan fingerprint density at radius 1 is 1.42 bits per heavy atom. The molecule has 6 heteroatoms. The van der Waals surface area contributed by atoms with Crippen LogP contribution >= 0.6 is 0 Å². The minimum Gasteiger partial charge on any atom is -0.325 e. The van der Waals surface area contributed by atoms with Gasteiger partial charge in [0.1, 0.15) is 4.90 Å². The zero-order valence-corrected chi connectivity index (χ0v) is 12.2. The second-order valence-corrected chi connectivity index (χ2v) is 7.12. The third-order valence-electron chi connectivity index (χ3n) is 3.69. The van der Waals surface area contributed by atoms with Gasteiger partial charge in [0.2, 0.25) is 10.0 Å². The van der Waals surface area contributed by atoms with Crippen LogP contribution in [0.25, 0.3) is 0 Å². The van der Waals surface area contributed by atoms with Gasteiger partial charge in [-0.25, -0.2) is 8.42 Å². The van der Waals surface area contributed by atoms with Crippen molar-refractivity contribution in [3.63, 3.8) is 0 Å². The van der Waals surface area contributed by atoms with E-state index in [0.717, 1.165) is 12.8 Å². The molecule has 19 heavy (non-hydrogen) atoms. The fraction of sp³-hybridized carbons (Fsp3) is 0.615. The molecule has 0 amide bonds. The standard InChI is InChI=1S/C13H21N3O2S/c1-10-5-6-11(2)16(9-10)19(17,18)13-4-3-7-15-12(13)8-14/h3-4,7,10-11H,5-6,8-9,14H2,1-2H3. The predicted molar refractivity (Wildman–Crippen MR) is 73.9 cm³/mol. The highest BCUT2D eigenvalue weighted by molar-refractivity contribution is 7.89. The molecule has 1 aliphatic rings. The van der Waals surface area contributed by atoms with Crippen LogP contribution < -0.4 is 5.73 Å². The van der Waals surface area contributed by atoms with Crippen molar-refractivity contribution in [1.29, 1.82) is 0 Å². The van der Waals surface area contributed by atoms with Crippen LogP contribution in [0.5, 0.6) is 0 Å². The first kappa shape index (κ1) is 14.4. The van der Waals surface area contributed by atoms with E-state index in [1.807, 2.05) is 6.92 Å². The molecule has 1 aromatic heterocycles. The Morgan fingerprint density at radius 2 is 2.16 bits per heavy atom. The number of sulfonamides is 1. The maximum Gasteiger partial charge on any atom is 0.245 e. The van der Waals surface area contributed by atoms with E-state index in [1.54, 1.807) is 22.6 Å². The number of hydrogen-bond acceptors (Lipinski definition) is 4. The Balaban J connectivity index is 2.41. The lowest BCUT2D eigenvalue weighted by molar-refractivity contribution is 0.218. The largest absolute Gasteiger partial charge is 0.325 e. The number of nitrogens with zero attached hydrogens (tertiary/aromatic N) is 2. The van der Waals surface area contributed by atoms with Crippen LogP contribution in [0.15, 0.2) is 23.2 Å². The number of piperidine rings is 1. The molecule has 2 atom stereocenters. The molecule has 106 valence electrons. The normalized spacial score (nSPS) is 25.4. The van der Waals surface area contributed by atoms with Gasteiger partial charge in [-0.2, -0.15) is 4.31 Å². The Labute approximate surface area is 114 Å². The van der Waals surface area contributed by atoms with Crippen LogP contribution in [-0.2, 0) is 16.6 Å². The minimum absolute atomic E-state index is 0.0343. The van der Waals surface area contributed by atoms with Crippen LogP contribution in [0.1, 0.15) is 32.4 Å². The Morgan fingerprint density at radius 3 is 2.84 bits per heavy atom. The van der Waals surface area contributed by atoms with Crippen molar-refractivity contribution in [1.82, 2.24) is 9.29 Å². The third kappa shape index (κ3) is 2.80. The Kier molecular flexibility index (Phi) is 4.23. The van der Waals surface area contributed by atoms with Gasteiger partial charge >= 0.3 is 0 Å². The summed E-state index contributed by atoms with van der Waals surface area (Å²) >= 11 is 0. The fourth-order valence-corrected chi connectivity index (χ4v) is 4.49. The van der Waals surface area contributed by atoms with Gasteiger partial charge < -0.3 is 5.73 Å². The van der Waals surface area contributed by atoms with Gasteiger partial charge in [0.15, 0.2) is 0 Å². The van der Waals surface area contributed by atoms with E-state index in [0.29, 0.717) is 18.2 Å². The van der Waals surface area contributed by atoms with Gasteiger partial charge in [-0.1, -0.05) is 6.92 Å². The number of nitrogens with two attached hydrogens (primary N) is 1. The Hall–Kier alpha value is -0.980. The second kappa shape index (κ2) is 5.56. The molecule has 0 spiro atoms. The van der Waals surface area contributed by atoms with E-state index in [9.17, 15) is 8.42 Å². The smallest absolute Gasteiger partial charge is 0.245 e. The molecule has 1 aliphatic heterocycles. The van der Waals surface area contributed by atoms with Crippen molar-refractivity contribution >= 4 is 10.0 Å². The van der Waals surface area contributed by atoms with Gasteiger partial charge in [-0.05, 0) is 37.8 Å². The fourth-order valence-electron chi connectivity index (χ4n) is 2.52. The van der Waals surface area contributed by atoms with E-state index in [-0.39, 0.29) is 17.5 Å². The molecular formula is C13H21N3O2S. The first-order valence-electron chi connectivity index (χ1n) is 6.62. The van der Waals surface area contributed by atoms with Crippen molar-refractivity contribution in [2.24, 2.45) is 11.7 Å². The van der Waals surface area contributed by atoms with Gasteiger partial charge in [-0.3, -0.25) is 4.98 Å². The topological polar surface area (TPSA) is 76.3 Å². The summed E-state index contributed by atoms with van der Waals surface area (Å²) in [7, 11) is -3.50. The van der Waals surface area contributed by atoms with Gasteiger partial charge in [-0.15, -0.1) is 0 Å². The van der Waals surface area contributed by atoms with E-state index in [1.165, 1.54) is 0 Å². The van der Waals surface area contributed by atoms with Crippen molar-refractivity contribution in [3.8, 4) is 0 Å². The highest BCUT2D eigenvalue weighted by Crippen LogP contribution is 2.28. The molecule has 5 nitrogen and oxygen atoms in total. The molecule has 0 bridgehead atoms. The first-order valence-corrected chi connectivity index (χ1v) is 8.06. The third-order valence-corrected chi connectivity index (χ3v) is 5.74. The van der Waals surface area contributed by atoms with E-state index < -0.39 is 10.0 Å². The van der Waals surface area contributed by atoms with Crippen LogP contribution in [0.4, 0.5) is 0 Å². The van der Waals surface area contributed by atoms with E-state index in [4.69, 9.17) is 5.73 Å². The SMILES string of the molecule is CC1CCC(C)N(S(=O)(=O)c2cccnc2CN)C1. The zero-order valence-electron chi connectivity index (χ0n) is 11.4. The van der Waals surface area contributed by atoms with Gasteiger partial charge in [0, 0.05) is 25.3 Å². The lowest BCUT2D eigenvalue weighted by Gasteiger charge is -2.35.